The van der Waals surface area contributed by atoms with E-state index in [0.29, 0.717) is 9.50 Å². The van der Waals surface area contributed by atoms with Gasteiger partial charge in [0.1, 0.15) is 0 Å². The Morgan fingerprint density at radius 3 is 1.30 bits per heavy atom. The second-order valence-corrected chi connectivity index (χ2v) is 19.3. The molecule has 3 heteroatoms. The van der Waals surface area contributed by atoms with E-state index < -0.39 is 11.4 Å². The van der Waals surface area contributed by atoms with Crippen molar-refractivity contribution < 1.29 is 0 Å². The number of hydrogen-bond donors (Lipinski definition) is 0. The third-order valence-electron chi connectivity index (χ3n) is 3.91. The summed E-state index contributed by atoms with van der Waals surface area (Å²) in [4.78, 5) is 0. The molecule has 124 valence electrons. The first kappa shape index (κ1) is 23.4. The van der Waals surface area contributed by atoms with Crippen molar-refractivity contribution in [1.29, 1.82) is 0 Å². The van der Waals surface area contributed by atoms with Gasteiger partial charge >= 0.3 is 126 Å². The average molecular weight is 386 g/mol. The summed E-state index contributed by atoms with van der Waals surface area (Å²) in [5, 5.41) is 0. The molecule has 1 atom stereocenters. The van der Waals surface area contributed by atoms with Gasteiger partial charge in [0.05, 0.1) is 0 Å². The Morgan fingerprint density at radius 2 is 1.00 bits per heavy atom. The van der Waals surface area contributed by atoms with Crippen LogP contribution in [0, 0.1) is 0 Å². The summed E-state index contributed by atoms with van der Waals surface area (Å²) < 4.78 is 1.30. The molecule has 0 saturated heterocycles. The van der Waals surface area contributed by atoms with Crippen LogP contribution in [0.2, 0.25) is 9.50 Å². The van der Waals surface area contributed by atoms with Crippen LogP contribution >= 0.6 is 20.0 Å². The summed E-state index contributed by atoms with van der Waals surface area (Å²) in [5.74, 6) is 0. The third-order valence-corrected chi connectivity index (χ3v) is 17.3. The van der Waals surface area contributed by atoms with Gasteiger partial charge in [0.2, 0.25) is 0 Å². The van der Waals surface area contributed by atoms with Gasteiger partial charge in [0.15, 0.2) is 0 Å². The zero-order valence-electron chi connectivity index (χ0n) is 14.8. The van der Waals surface area contributed by atoms with Crippen molar-refractivity contribution in [2.24, 2.45) is 0 Å². The molecule has 0 aromatic carbocycles. The molecule has 0 aliphatic rings. The van der Waals surface area contributed by atoms with Gasteiger partial charge in [-0.05, 0) is 0 Å². The summed E-state index contributed by atoms with van der Waals surface area (Å²) in [6.45, 7) is 13.0. The van der Waals surface area contributed by atoms with E-state index in [1.165, 1.54) is 57.8 Å². The number of halogens is 2. The zero-order chi connectivity index (χ0) is 16.0. The van der Waals surface area contributed by atoms with Crippen molar-refractivity contribution >= 4 is 31.4 Å². The van der Waals surface area contributed by atoms with Crippen LogP contribution in [0.25, 0.3) is 0 Å². The Balaban J connectivity index is 0. The SMILES string of the molecule is CC.CCCC[CH](CCC)[Ge]([Cl])([Cl])[CH](CCC)CCC. The van der Waals surface area contributed by atoms with Gasteiger partial charge in [-0.3, -0.25) is 0 Å². The minimum atomic E-state index is -2.68. The quantitative estimate of drug-likeness (QED) is 0.314. The summed E-state index contributed by atoms with van der Waals surface area (Å²) in [5.41, 5.74) is 0. The van der Waals surface area contributed by atoms with Crippen LogP contribution < -0.4 is 0 Å². The molecule has 0 rings (SSSR count). The molecule has 1 unspecified atom stereocenters. The molecule has 0 aliphatic heterocycles. The molecule has 0 heterocycles. The van der Waals surface area contributed by atoms with Crippen LogP contribution in [0.3, 0.4) is 0 Å². The molecule has 0 aliphatic carbocycles. The van der Waals surface area contributed by atoms with Crippen LogP contribution in [0.5, 0.6) is 0 Å². The predicted molar refractivity (Wildman–Crippen MR) is 101 cm³/mol. The Kier molecular flexibility index (Phi) is 17.6. The van der Waals surface area contributed by atoms with E-state index in [2.05, 4.69) is 27.7 Å². The van der Waals surface area contributed by atoms with Crippen LogP contribution in [0.4, 0.5) is 0 Å². The van der Waals surface area contributed by atoms with E-state index in [4.69, 9.17) is 20.0 Å². The molecular weight excluding hydrogens is 348 g/mol. The molecule has 0 radical (unpaired) electrons. The van der Waals surface area contributed by atoms with Gasteiger partial charge in [-0.25, -0.2) is 0 Å². The van der Waals surface area contributed by atoms with Crippen LogP contribution in [-0.4, -0.2) is 11.4 Å². The Morgan fingerprint density at radius 1 is 0.650 bits per heavy atom. The van der Waals surface area contributed by atoms with E-state index >= 15 is 0 Å². The van der Waals surface area contributed by atoms with E-state index in [1.54, 1.807) is 0 Å². The van der Waals surface area contributed by atoms with Gasteiger partial charge in [0, 0.05) is 0 Å². The van der Waals surface area contributed by atoms with E-state index in [9.17, 15) is 0 Å². The van der Waals surface area contributed by atoms with E-state index in [0.717, 1.165) is 0 Å². The summed E-state index contributed by atoms with van der Waals surface area (Å²) in [7, 11) is 14.0. The molecule has 0 fully saturated rings. The first-order valence-electron chi connectivity index (χ1n) is 8.92. The van der Waals surface area contributed by atoms with Crippen molar-refractivity contribution in [3.63, 3.8) is 0 Å². The standard InChI is InChI=1S/C15H32Cl2Ge.C2H6/c1-5-9-13-15(12-8-4)18(16,17)14(10-6-2)11-7-3;1-2/h14-15H,5-13H2,1-4H3;1-2H3. The molecule has 0 aromatic heterocycles. The Labute approximate surface area is 140 Å². The maximum atomic E-state index is 6.99. The predicted octanol–water partition coefficient (Wildman–Crippen LogP) is 8.26. The first-order chi connectivity index (χ1) is 9.54. The fourth-order valence-corrected chi connectivity index (χ4v) is 14.3. The molecule has 0 nitrogen and oxygen atoms in total. The fourth-order valence-electron chi connectivity index (χ4n) is 2.89. The Bertz CT molecular complexity index is 189. The summed E-state index contributed by atoms with van der Waals surface area (Å²) in [6, 6.07) is 0. The monoisotopic (exact) mass is 386 g/mol. The van der Waals surface area contributed by atoms with Crippen LogP contribution in [-0.2, 0) is 0 Å². The van der Waals surface area contributed by atoms with Crippen molar-refractivity contribution in [2.75, 3.05) is 0 Å². The third kappa shape index (κ3) is 9.20. The van der Waals surface area contributed by atoms with Gasteiger partial charge < -0.3 is 0 Å². The maximum absolute atomic E-state index is 6.99. The number of rotatable bonds is 11. The van der Waals surface area contributed by atoms with Crippen molar-refractivity contribution in [1.82, 2.24) is 0 Å². The Hall–Kier alpha value is 1.12. The number of unbranched alkanes of at least 4 members (excludes halogenated alkanes) is 1. The molecular formula is C17H38Cl2Ge. The average Bonchev–Trinajstić information content (AvgIpc) is 2.45. The molecule has 0 N–H and O–H groups in total. The van der Waals surface area contributed by atoms with Crippen LogP contribution in [0.1, 0.15) is 99.3 Å². The van der Waals surface area contributed by atoms with E-state index in [1.807, 2.05) is 13.8 Å². The van der Waals surface area contributed by atoms with Crippen molar-refractivity contribution in [2.45, 2.75) is 109 Å². The van der Waals surface area contributed by atoms with Crippen molar-refractivity contribution in [3.8, 4) is 0 Å². The van der Waals surface area contributed by atoms with Gasteiger partial charge in [-0.15, -0.1) is 0 Å². The summed E-state index contributed by atoms with van der Waals surface area (Å²) >= 11 is -2.68. The van der Waals surface area contributed by atoms with E-state index in [-0.39, 0.29) is 0 Å². The second-order valence-electron chi connectivity index (χ2n) is 5.58. The van der Waals surface area contributed by atoms with Gasteiger partial charge in [-0.1, -0.05) is 13.8 Å². The second kappa shape index (κ2) is 15.0. The molecule has 0 spiro atoms. The first-order valence-corrected chi connectivity index (χ1v) is 16.9. The zero-order valence-corrected chi connectivity index (χ0v) is 18.4. The molecule has 0 amide bonds. The number of hydrogen-bond acceptors (Lipinski definition) is 0. The van der Waals surface area contributed by atoms with Crippen LogP contribution in [0.15, 0.2) is 0 Å². The van der Waals surface area contributed by atoms with Crippen molar-refractivity contribution in [3.05, 3.63) is 0 Å². The topological polar surface area (TPSA) is 0 Å². The molecule has 0 bridgehead atoms. The normalized spacial score (nSPS) is 13.1. The molecule has 0 saturated carbocycles. The minimum absolute atomic E-state index is 0.650. The van der Waals surface area contributed by atoms with Gasteiger partial charge in [0.25, 0.3) is 0 Å². The molecule has 20 heavy (non-hydrogen) atoms. The fraction of sp³-hybridized carbons (Fsp3) is 1.00. The van der Waals surface area contributed by atoms with Gasteiger partial charge in [-0.2, -0.15) is 0 Å². The summed E-state index contributed by atoms with van der Waals surface area (Å²) in [6.07, 6.45) is 11.2. The molecule has 0 aromatic rings.